The number of methoxy groups -OCH3 is 1. The van der Waals surface area contributed by atoms with Crippen molar-refractivity contribution in [1.29, 1.82) is 0 Å². The maximum Gasteiger partial charge on any atom is 0.306 e. The molecule has 24 heavy (non-hydrogen) atoms. The normalized spacial score (nSPS) is 24.7. The molecule has 6 heteroatoms. The molecule has 0 saturated heterocycles. The molecule has 0 spiro atoms. The van der Waals surface area contributed by atoms with E-state index in [1.54, 1.807) is 18.2 Å². The summed E-state index contributed by atoms with van der Waals surface area (Å²) in [5.74, 6) is 1.80. The highest BCUT2D eigenvalue weighted by atomic mass is 35.5. The monoisotopic (exact) mass is 351 g/mol. The predicted molar refractivity (Wildman–Crippen MR) is 91.1 cm³/mol. The van der Waals surface area contributed by atoms with Crippen LogP contribution >= 0.6 is 11.6 Å². The minimum absolute atomic E-state index is 0.275. The van der Waals surface area contributed by atoms with E-state index in [0.29, 0.717) is 34.7 Å². The minimum Gasteiger partial charge on any atom is -0.495 e. The number of halogens is 1. The van der Waals surface area contributed by atoms with E-state index in [1.807, 2.05) is 0 Å². The van der Waals surface area contributed by atoms with Crippen LogP contribution in [0.2, 0.25) is 5.02 Å². The average molecular weight is 352 g/mol. The highest BCUT2D eigenvalue weighted by molar-refractivity contribution is 6.32. The second-order valence-corrected chi connectivity index (χ2v) is 7.10. The van der Waals surface area contributed by atoms with Gasteiger partial charge in [0.25, 0.3) is 5.91 Å². The molecular weight excluding hydrogens is 330 g/mol. The van der Waals surface area contributed by atoms with Crippen molar-refractivity contribution < 1.29 is 19.1 Å². The highest BCUT2D eigenvalue weighted by Crippen LogP contribution is 2.49. The lowest BCUT2D eigenvalue weighted by atomic mass is 9.86. The molecule has 5 nitrogen and oxygen atoms in total. The number of carbonyl (C=O) groups is 2. The van der Waals surface area contributed by atoms with E-state index in [1.165, 1.54) is 26.4 Å². The summed E-state index contributed by atoms with van der Waals surface area (Å²) in [5.41, 5.74) is 0.537. The highest BCUT2D eigenvalue weighted by Gasteiger charge is 2.40. The SMILES string of the molecule is COc1ccc(NC(=O)COC(=O)C[C@@H]2C[C@H]3CC[C@@H]2C3)cc1Cl. The second kappa shape index (κ2) is 7.43. The third-order valence-electron chi connectivity index (χ3n) is 5.11. The van der Waals surface area contributed by atoms with Crippen LogP contribution < -0.4 is 10.1 Å². The van der Waals surface area contributed by atoms with Gasteiger partial charge in [0.1, 0.15) is 5.75 Å². The Bertz CT molecular complexity index is 633. The van der Waals surface area contributed by atoms with Gasteiger partial charge < -0.3 is 14.8 Å². The number of ether oxygens (including phenoxy) is 2. The van der Waals surface area contributed by atoms with Crippen LogP contribution in [0.15, 0.2) is 18.2 Å². The molecule has 0 aromatic heterocycles. The Balaban J connectivity index is 1.42. The summed E-state index contributed by atoms with van der Waals surface area (Å²) in [7, 11) is 1.52. The number of esters is 1. The summed E-state index contributed by atoms with van der Waals surface area (Å²) < 4.78 is 10.2. The van der Waals surface area contributed by atoms with Crippen molar-refractivity contribution in [2.24, 2.45) is 17.8 Å². The summed E-state index contributed by atoms with van der Waals surface area (Å²) in [5, 5.41) is 3.06. The van der Waals surface area contributed by atoms with Crippen LogP contribution in [0.1, 0.15) is 32.1 Å². The van der Waals surface area contributed by atoms with Crippen LogP contribution in [0, 0.1) is 17.8 Å². The zero-order chi connectivity index (χ0) is 17.1. The number of hydrogen-bond acceptors (Lipinski definition) is 4. The zero-order valence-corrected chi connectivity index (χ0v) is 14.5. The summed E-state index contributed by atoms with van der Waals surface area (Å²) in [6.07, 6.45) is 5.38. The molecule has 0 heterocycles. The molecule has 2 saturated carbocycles. The maximum atomic E-state index is 11.9. The van der Waals surface area contributed by atoms with Crippen LogP contribution in [-0.2, 0) is 14.3 Å². The molecule has 2 aliphatic rings. The third kappa shape index (κ3) is 4.01. The number of amides is 1. The van der Waals surface area contributed by atoms with Crippen LogP contribution in [0.25, 0.3) is 0 Å². The van der Waals surface area contributed by atoms with Crippen molar-refractivity contribution in [2.75, 3.05) is 19.0 Å². The molecule has 2 fully saturated rings. The lowest BCUT2D eigenvalue weighted by Gasteiger charge is -2.20. The number of rotatable bonds is 6. The largest absolute Gasteiger partial charge is 0.495 e. The van der Waals surface area contributed by atoms with Gasteiger partial charge in [0, 0.05) is 12.1 Å². The molecule has 1 aromatic rings. The fourth-order valence-corrected chi connectivity index (χ4v) is 4.24. The summed E-state index contributed by atoms with van der Waals surface area (Å²) in [6.45, 7) is -0.275. The van der Waals surface area contributed by atoms with Crippen LogP contribution in [-0.4, -0.2) is 25.6 Å². The molecule has 3 atom stereocenters. The molecule has 3 rings (SSSR count). The lowest BCUT2D eigenvalue weighted by molar-refractivity contribution is -0.148. The summed E-state index contributed by atoms with van der Waals surface area (Å²) in [6, 6.07) is 4.94. The first-order valence-electron chi connectivity index (χ1n) is 8.34. The van der Waals surface area contributed by atoms with Gasteiger partial charge in [-0.05, 0) is 55.2 Å². The number of benzene rings is 1. The molecule has 2 aliphatic carbocycles. The van der Waals surface area contributed by atoms with E-state index < -0.39 is 0 Å². The van der Waals surface area contributed by atoms with Crippen molar-refractivity contribution in [3.8, 4) is 5.75 Å². The molecular formula is C18H22ClNO4. The molecule has 130 valence electrons. The topological polar surface area (TPSA) is 64.6 Å². The quantitative estimate of drug-likeness (QED) is 0.794. The van der Waals surface area contributed by atoms with Gasteiger partial charge >= 0.3 is 5.97 Å². The van der Waals surface area contributed by atoms with Gasteiger partial charge in [0.05, 0.1) is 12.1 Å². The van der Waals surface area contributed by atoms with Crippen molar-refractivity contribution in [1.82, 2.24) is 0 Å². The molecule has 1 N–H and O–H groups in total. The van der Waals surface area contributed by atoms with Gasteiger partial charge in [-0.3, -0.25) is 9.59 Å². The van der Waals surface area contributed by atoms with Gasteiger partial charge in [0.15, 0.2) is 6.61 Å². The van der Waals surface area contributed by atoms with E-state index in [0.717, 1.165) is 12.3 Å². The first kappa shape index (κ1) is 17.1. The van der Waals surface area contributed by atoms with Crippen molar-refractivity contribution in [2.45, 2.75) is 32.1 Å². The Morgan fingerprint density at radius 3 is 2.75 bits per heavy atom. The Morgan fingerprint density at radius 2 is 2.12 bits per heavy atom. The van der Waals surface area contributed by atoms with Gasteiger partial charge in [0.2, 0.25) is 0 Å². The van der Waals surface area contributed by atoms with Crippen LogP contribution in [0.3, 0.4) is 0 Å². The standard InChI is InChI=1S/C18H22ClNO4/c1-23-16-5-4-14(9-15(16)19)20-17(21)10-24-18(22)8-13-7-11-2-3-12(13)6-11/h4-5,9,11-13H,2-3,6-8,10H2,1H3,(H,20,21)/t11-,12+,13-/m0/s1. The first-order chi connectivity index (χ1) is 11.5. The van der Waals surface area contributed by atoms with Gasteiger partial charge in [-0.1, -0.05) is 18.0 Å². The van der Waals surface area contributed by atoms with Crippen molar-refractivity contribution in [3.63, 3.8) is 0 Å². The van der Waals surface area contributed by atoms with Crippen LogP contribution in [0.4, 0.5) is 5.69 Å². The number of anilines is 1. The Labute approximate surface area is 146 Å². The third-order valence-corrected chi connectivity index (χ3v) is 5.41. The Kier molecular flexibility index (Phi) is 5.29. The molecule has 0 aliphatic heterocycles. The van der Waals surface area contributed by atoms with Gasteiger partial charge in [-0.2, -0.15) is 0 Å². The predicted octanol–water partition coefficient (Wildman–Crippen LogP) is 3.66. The minimum atomic E-state index is -0.377. The number of hydrogen-bond donors (Lipinski definition) is 1. The van der Waals surface area contributed by atoms with E-state index in [9.17, 15) is 9.59 Å². The Morgan fingerprint density at radius 1 is 1.29 bits per heavy atom. The summed E-state index contributed by atoms with van der Waals surface area (Å²) in [4.78, 5) is 23.8. The Hall–Kier alpha value is -1.75. The molecule has 1 aromatic carbocycles. The molecule has 1 amide bonds. The smallest absolute Gasteiger partial charge is 0.306 e. The van der Waals surface area contributed by atoms with E-state index in [4.69, 9.17) is 21.1 Å². The van der Waals surface area contributed by atoms with Crippen molar-refractivity contribution >= 4 is 29.2 Å². The molecule has 2 bridgehead atoms. The lowest BCUT2D eigenvalue weighted by Crippen LogP contribution is -2.23. The average Bonchev–Trinajstić information content (AvgIpc) is 3.16. The van der Waals surface area contributed by atoms with Gasteiger partial charge in [-0.15, -0.1) is 0 Å². The zero-order valence-electron chi connectivity index (χ0n) is 13.7. The van der Waals surface area contributed by atoms with Gasteiger partial charge in [-0.25, -0.2) is 0 Å². The summed E-state index contributed by atoms with van der Waals surface area (Å²) >= 11 is 6.00. The van der Waals surface area contributed by atoms with E-state index in [2.05, 4.69) is 5.32 Å². The first-order valence-corrected chi connectivity index (χ1v) is 8.72. The van der Waals surface area contributed by atoms with Crippen LogP contribution in [0.5, 0.6) is 5.75 Å². The second-order valence-electron chi connectivity index (χ2n) is 6.70. The van der Waals surface area contributed by atoms with Crippen molar-refractivity contribution in [3.05, 3.63) is 23.2 Å². The fourth-order valence-electron chi connectivity index (χ4n) is 3.99. The fraction of sp³-hybridized carbons (Fsp3) is 0.556. The van der Waals surface area contributed by atoms with E-state index in [-0.39, 0.29) is 18.5 Å². The number of fused-ring (bicyclic) bond motifs is 2. The van der Waals surface area contributed by atoms with E-state index >= 15 is 0 Å². The number of carbonyl (C=O) groups excluding carboxylic acids is 2. The molecule has 0 unspecified atom stereocenters. The number of nitrogens with one attached hydrogen (secondary N) is 1. The molecule has 0 radical (unpaired) electrons. The maximum absolute atomic E-state index is 11.9.